The molecule has 0 saturated carbocycles. The lowest BCUT2D eigenvalue weighted by atomic mass is 10.5. The van der Waals surface area contributed by atoms with E-state index in [-0.39, 0.29) is 0 Å². The van der Waals surface area contributed by atoms with Crippen LogP contribution in [-0.4, -0.2) is 8.76 Å². The van der Waals surface area contributed by atoms with Crippen molar-refractivity contribution in [2.75, 3.05) is 0 Å². The van der Waals surface area contributed by atoms with Crippen LogP contribution < -0.4 is 0 Å². The summed E-state index contributed by atoms with van der Waals surface area (Å²) in [6, 6.07) is 0. The van der Waals surface area contributed by atoms with Crippen molar-refractivity contribution in [2.24, 2.45) is 0 Å². The van der Waals surface area contributed by atoms with Crippen LogP contribution in [0.4, 0.5) is 0 Å². The van der Waals surface area contributed by atoms with E-state index in [0.717, 1.165) is 5.41 Å². The topological polar surface area (TPSA) is 40.1 Å². The maximum atomic E-state index is 9.75. The molecule has 0 aliphatic rings. The van der Waals surface area contributed by atoms with Crippen LogP contribution in [0.3, 0.4) is 0 Å². The Bertz CT molecular complexity index is 126. The summed E-state index contributed by atoms with van der Waals surface area (Å²) in [6.07, 6.45) is 4.86. The summed E-state index contributed by atoms with van der Waals surface area (Å²) in [5.41, 5.74) is 0. The van der Waals surface area contributed by atoms with Gasteiger partial charge in [0.25, 0.3) is 0 Å². The van der Waals surface area contributed by atoms with Gasteiger partial charge in [0.1, 0.15) is 0 Å². The molecule has 0 amide bonds. The predicted molar refractivity (Wildman–Crippen MR) is 32.9 cm³/mol. The van der Waals surface area contributed by atoms with Gasteiger partial charge in [0, 0.05) is 0 Å². The van der Waals surface area contributed by atoms with Crippen LogP contribution in [0.5, 0.6) is 0 Å². The van der Waals surface area contributed by atoms with Gasteiger partial charge in [-0.1, -0.05) is 18.2 Å². The molecule has 0 aromatic carbocycles. The second-order valence-electron chi connectivity index (χ2n) is 1.11. The molecule has 0 heterocycles. The Morgan fingerprint density at radius 1 is 1.50 bits per heavy atom. The molecule has 8 heavy (non-hydrogen) atoms. The molecule has 0 aliphatic carbocycles. The molecule has 0 bridgehead atoms. The van der Waals surface area contributed by atoms with Crippen LogP contribution in [0.2, 0.25) is 0 Å². The number of hydrogen-bond donors (Lipinski definition) is 0. The minimum absolute atomic E-state index is 1.08. The smallest absolute Gasteiger partial charge is 0.0115 e. The molecule has 0 aromatic rings. The number of hydrogen-bond acceptors (Lipinski definition) is 2. The summed E-state index contributed by atoms with van der Waals surface area (Å²) in [5.74, 6) is 0. The van der Waals surface area contributed by atoms with Gasteiger partial charge in [-0.15, -0.1) is 0 Å². The van der Waals surface area contributed by atoms with Crippen molar-refractivity contribution in [3.8, 4) is 0 Å². The highest BCUT2D eigenvalue weighted by Gasteiger charge is 1.62. The van der Waals surface area contributed by atoms with E-state index >= 15 is 0 Å². The monoisotopic (exact) mass is 131 g/mol. The fourth-order valence-corrected chi connectivity index (χ4v) is 0.440. The molecule has 46 valence electrons. The van der Waals surface area contributed by atoms with Crippen molar-refractivity contribution < 1.29 is 8.76 Å². The standard InChI is InChI=1S/C5H8O2S/c1-2-3-4-5-8(6)7/h2-5H,1H3,(H,6,7)/p-1. The van der Waals surface area contributed by atoms with E-state index in [4.69, 9.17) is 0 Å². The van der Waals surface area contributed by atoms with E-state index in [2.05, 4.69) is 0 Å². The molecule has 1 atom stereocenters. The van der Waals surface area contributed by atoms with Gasteiger partial charge in [0.05, 0.1) is 0 Å². The first kappa shape index (κ1) is 7.59. The molecule has 0 radical (unpaired) electrons. The molecule has 2 nitrogen and oxygen atoms in total. The van der Waals surface area contributed by atoms with Crippen molar-refractivity contribution in [1.82, 2.24) is 0 Å². The zero-order valence-corrected chi connectivity index (χ0v) is 5.35. The maximum absolute atomic E-state index is 9.75. The average Bonchev–Trinajstić information content (AvgIpc) is 1.66. The van der Waals surface area contributed by atoms with Crippen molar-refractivity contribution >= 4 is 11.1 Å². The molecule has 3 heteroatoms. The minimum Gasteiger partial charge on any atom is -0.769 e. The minimum atomic E-state index is -2.05. The van der Waals surface area contributed by atoms with E-state index < -0.39 is 11.1 Å². The molecular weight excluding hydrogens is 124 g/mol. The second-order valence-corrected chi connectivity index (χ2v) is 1.91. The van der Waals surface area contributed by atoms with Gasteiger partial charge in [0.2, 0.25) is 0 Å². The zero-order chi connectivity index (χ0) is 6.41. The van der Waals surface area contributed by atoms with Crippen molar-refractivity contribution in [3.05, 3.63) is 23.6 Å². The Morgan fingerprint density at radius 2 is 2.12 bits per heavy atom. The molecule has 0 N–H and O–H groups in total. The largest absolute Gasteiger partial charge is 0.769 e. The van der Waals surface area contributed by atoms with Gasteiger partial charge >= 0.3 is 0 Å². The van der Waals surface area contributed by atoms with Gasteiger partial charge < -0.3 is 4.55 Å². The van der Waals surface area contributed by atoms with Crippen LogP contribution in [0.25, 0.3) is 0 Å². The fraction of sp³-hybridized carbons (Fsp3) is 0.200. The fourth-order valence-electron chi connectivity index (χ4n) is 0.221. The van der Waals surface area contributed by atoms with E-state index in [1.54, 1.807) is 12.2 Å². The van der Waals surface area contributed by atoms with Crippen LogP contribution in [-0.2, 0) is 11.1 Å². The SMILES string of the molecule is CC=CC=CS(=O)[O-]. The van der Waals surface area contributed by atoms with Crippen LogP contribution in [0.1, 0.15) is 6.92 Å². The number of allylic oxidation sites excluding steroid dienone is 3. The summed E-state index contributed by atoms with van der Waals surface area (Å²) in [5, 5.41) is 1.08. The van der Waals surface area contributed by atoms with E-state index in [1.807, 2.05) is 6.92 Å². The first-order chi connectivity index (χ1) is 3.77. The molecule has 0 rings (SSSR count). The lowest BCUT2D eigenvalue weighted by molar-refractivity contribution is 0.546. The molecule has 1 unspecified atom stereocenters. The molecule has 0 aromatic heterocycles. The summed E-state index contributed by atoms with van der Waals surface area (Å²) >= 11 is -2.05. The molecule has 0 spiro atoms. The number of rotatable bonds is 2. The van der Waals surface area contributed by atoms with Crippen molar-refractivity contribution in [1.29, 1.82) is 0 Å². The highest BCUT2D eigenvalue weighted by molar-refractivity contribution is 7.82. The summed E-state index contributed by atoms with van der Waals surface area (Å²) in [4.78, 5) is 0. The first-order valence-electron chi connectivity index (χ1n) is 2.15. The van der Waals surface area contributed by atoms with E-state index in [1.165, 1.54) is 6.08 Å². The summed E-state index contributed by atoms with van der Waals surface area (Å²) in [7, 11) is 0. The summed E-state index contributed by atoms with van der Waals surface area (Å²) in [6.45, 7) is 1.82. The molecule has 0 aliphatic heterocycles. The van der Waals surface area contributed by atoms with E-state index in [0.29, 0.717) is 0 Å². The third-order valence-corrected chi connectivity index (χ3v) is 0.873. The second kappa shape index (κ2) is 4.74. The average molecular weight is 131 g/mol. The lowest BCUT2D eigenvalue weighted by Crippen LogP contribution is -1.74. The normalized spacial score (nSPS) is 15.8. The van der Waals surface area contributed by atoms with Crippen LogP contribution in [0, 0.1) is 0 Å². The van der Waals surface area contributed by atoms with Crippen LogP contribution in [0.15, 0.2) is 23.6 Å². The Balaban J connectivity index is 3.50. The van der Waals surface area contributed by atoms with Gasteiger partial charge in [-0.25, -0.2) is 0 Å². The highest BCUT2D eigenvalue weighted by atomic mass is 32.2. The predicted octanol–water partition coefficient (Wildman–Crippen LogP) is 0.955. The molecular formula is C5H7O2S-. The van der Waals surface area contributed by atoms with Gasteiger partial charge in [-0.2, -0.15) is 0 Å². The van der Waals surface area contributed by atoms with Gasteiger partial charge in [-0.05, 0) is 23.4 Å². The highest BCUT2D eigenvalue weighted by Crippen LogP contribution is 1.78. The Morgan fingerprint density at radius 3 is 2.50 bits per heavy atom. The molecule has 0 saturated heterocycles. The molecule has 0 fully saturated rings. The van der Waals surface area contributed by atoms with Crippen molar-refractivity contribution in [2.45, 2.75) is 6.92 Å². The lowest BCUT2D eigenvalue weighted by Gasteiger charge is -1.90. The van der Waals surface area contributed by atoms with E-state index in [9.17, 15) is 8.76 Å². The summed E-state index contributed by atoms with van der Waals surface area (Å²) < 4.78 is 19.5. The Labute approximate surface area is 51.2 Å². The maximum Gasteiger partial charge on any atom is -0.0115 e. The third kappa shape index (κ3) is 5.59. The Kier molecular flexibility index (Phi) is 4.50. The quantitative estimate of drug-likeness (QED) is 0.413. The van der Waals surface area contributed by atoms with Gasteiger partial charge in [-0.3, -0.25) is 4.21 Å². The Hall–Kier alpha value is -0.410. The first-order valence-corrected chi connectivity index (χ1v) is 3.28. The zero-order valence-electron chi connectivity index (χ0n) is 4.53. The van der Waals surface area contributed by atoms with Crippen molar-refractivity contribution in [3.63, 3.8) is 0 Å². The van der Waals surface area contributed by atoms with Gasteiger partial charge in [0.15, 0.2) is 0 Å². The van der Waals surface area contributed by atoms with Crippen LogP contribution >= 0.6 is 0 Å². The third-order valence-electron chi connectivity index (χ3n) is 0.493.